The van der Waals surface area contributed by atoms with Crippen molar-refractivity contribution in [3.05, 3.63) is 28.2 Å². The molecular weight excluding hydrogens is 176 g/mol. The summed E-state index contributed by atoms with van der Waals surface area (Å²) in [6.45, 7) is 4.00. The number of nitrogens with zero attached hydrogens (tertiary/aromatic N) is 1. The number of anilines is 1. The number of nitrogens with two attached hydrogens (primary N) is 1. The van der Waals surface area contributed by atoms with Gasteiger partial charge in [0.1, 0.15) is 0 Å². The number of rotatable bonds is 2. The van der Waals surface area contributed by atoms with E-state index in [1.807, 2.05) is 26.1 Å². The van der Waals surface area contributed by atoms with Crippen LogP contribution in [0.5, 0.6) is 0 Å². The molecule has 1 aliphatic carbocycles. The first-order chi connectivity index (χ1) is 6.59. The van der Waals surface area contributed by atoms with Crippen molar-refractivity contribution in [2.75, 3.05) is 5.73 Å². The van der Waals surface area contributed by atoms with Crippen LogP contribution < -0.4 is 11.3 Å². The average Bonchev–Trinajstić information content (AvgIpc) is 2.91. The molecule has 0 amide bonds. The predicted octanol–water partition coefficient (Wildman–Crippen LogP) is 1.89. The van der Waals surface area contributed by atoms with Gasteiger partial charge in [-0.15, -0.1) is 0 Å². The first-order valence-corrected chi connectivity index (χ1v) is 5.11. The largest absolute Gasteiger partial charge is 0.394 e. The monoisotopic (exact) mass is 192 g/mol. The van der Waals surface area contributed by atoms with Crippen LogP contribution in [0.1, 0.15) is 44.2 Å². The van der Waals surface area contributed by atoms with Gasteiger partial charge in [-0.25, -0.2) is 0 Å². The van der Waals surface area contributed by atoms with Crippen LogP contribution in [0.25, 0.3) is 0 Å². The summed E-state index contributed by atoms with van der Waals surface area (Å²) in [5, 5.41) is 0. The molecule has 0 unspecified atom stereocenters. The van der Waals surface area contributed by atoms with Gasteiger partial charge in [0.15, 0.2) is 0 Å². The highest BCUT2D eigenvalue weighted by molar-refractivity contribution is 5.40. The van der Waals surface area contributed by atoms with Crippen LogP contribution >= 0.6 is 0 Å². The van der Waals surface area contributed by atoms with E-state index in [0.29, 0.717) is 11.6 Å². The van der Waals surface area contributed by atoms with Crippen LogP contribution in [0.2, 0.25) is 0 Å². The quantitative estimate of drug-likeness (QED) is 0.777. The molecule has 1 aromatic heterocycles. The molecule has 0 bridgehead atoms. The highest BCUT2D eigenvalue weighted by Gasteiger charge is 2.25. The lowest BCUT2D eigenvalue weighted by Gasteiger charge is -2.12. The van der Waals surface area contributed by atoms with Crippen molar-refractivity contribution in [3.8, 4) is 0 Å². The molecule has 14 heavy (non-hydrogen) atoms. The molecule has 76 valence electrons. The van der Waals surface area contributed by atoms with E-state index < -0.39 is 0 Å². The molecule has 3 nitrogen and oxygen atoms in total. The van der Waals surface area contributed by atoms with Crippen LogP contribution in [-0.2, 0) is 0 Å². The van der Waals surface area contributed by atoms with Crippen molar-refractivity contribution in [3.63, 3.8) is 0 Å². The number of nitrogen functional groups attached to an aromatic ring is 1. The van der Waals surface area contributed by atoms with Gasteiger partial charge in [0.2, 0.25) is 0 Å². The van der Waals surface area contributed by atoms with Gasteiger partial charge in [0.05, 0.1) is 5.69 Å². The fourth-order valence-corrected chi connectivity index (χ4v) is 1.67. The summed E-state index contributed by atoms with van der Waals surface area (Å²) >= 11 is 0. The van der Waals surface area contributed by atoms with Gasteiger partial charge in [-0.05, 0) is 44.2 Å². The molecule has 0 saturated heterocycles. The zero-order valence-corrected chi connectivity index (χ0v) is 8.66. The van der Waals surface area contributed by atoms with Gasteiger partial charge in [-0.3, -0.25) is 4.79 Å². The summed E-state index contributed by atoms with van der Waals surface area (Å²) in [4.78, 5) is 11.6. The highest BCUT2D eigenvalue weighted by Crippen LogP contribution is 2.40. The first kappa shape index (κ1) is 9.31. The number of hydrogen-bond donors (Lipinski definition) is 1. The Kier molecular flexibility index (Phi) is 2.10. The summed E-state index contributed by atoms with van der Waals surface area (Å²) in [7, 11) is 0. The maximum Gasteiger partial charge on any atom is 0.273 e. The van der Waals surface area contributed by atoms with Crippen LogP contribution in [0.15, 0.2) is 17.1 Å². The van der Waals surface area contributed by atoms with Gasteiger partial charge in [0.25, 0.3) is 5.56 Å². The lowest BCUT2D eigenvalue weighted by atomic mass is 10.1. The third kappa shape index (κ3) is 1.54. The Labute approximate surface area is 83.5 Å². The Morgan fingerprint density at radius 1 is 1.50 bits per heavy atom. The van der Waals surface area contributed by atoms with Gasteiger partial charge in [-0.1, -0.05) is 0 Å². The molecule has 0 spiro atoms. The number of aromatic nitrogens is 1. The lowest BCUT2D eigenvalue weighted by molar-refractivity contribution is 0.576. The van der Waals surface area contributed by atoms with Crippen LogP contribution in [-0.4, -0.2) is 4.57 Å². The molecule has 1 heterocycles. The van der Waals surface area contributed by atoms with E-state index in [2.05, 4.69) is 0 Å². The van der Waals surface area contributed by atoms with E-state index in [9.17, 15) is 4.79 Å². The number of hydrogen-bond acceptors (Lipinski definition) is 2. The predicted molar refractivity (Wildman–Crippen MR) is 57.5 cm³/mol. The average molecular weight is 192 g/mol. The van der Waals surface area contributed by atoms with Gasteiger partial charge >= 0.3 is 0 Å². The Morgan fingerprint density at radius 2 is 2.14 bits per heavy atom. The van der Waals surface area contributed by atoms with Crippen LogP contribution in [0.4, 0.5) is 5.69 Å². The summed E-state index contributed by atoms with van der Waals surface area (Å²) < 4.78 is 1.73. The smallest absolute Gasteiger partial charge is 0.273 e. The van der Waals surface area contributed by atoms with Crippen molar-refractivity contribution >= 4 is 5.69 Å². The fourth-order valence-electron chi connectivity index (χ4n) is 1.67. The molecule has 1 fully saturated rings. The summed E-state index contributed by atoms with van der Waals surface area (Å²) in [6, 6.07) is 2.02. The zero-order chi connectivity index (χ0) is 10.3. The molecule has 1 aliphatic rings. The van der Waals surface area contributed by atoms with E-state index in [1.54, 1.807) is 4.57 Å². The van der Waals surface area contributed by atoms with Crippen LogP contribution in [0, 0.1) is 0 Å². The molecule has 0 aliphatic heterocycles. The zero-order valence-electron chi connectivity index (χ0n) is 8.66. The maximum absolute atomic E-state index is 11.6. The summed E-state index contributed by atoms with van der Waals surface area (Å²) in [5.74, 6) is 0.642. The topological polar surface area (TPSA) is 48.0 Å². The molecule has 1 saturated carbocycles. The minimum absolute atomic E-state index is 0.0654. The molecule has 0 aromatic carbocycles. The Hall–Kier alpha value is -1.25. The third-order valence-corrected chi connectivity index (χ3v) is 2.70. The first-order valence-electron chi connectivity index (χ1n) is 5.11. The molecule has 2 rings (SSSR count). The van der Waals surface area contributed by atoms with Gasteiger partial charge in [-0.2, -0.15) is 0 Å². The van der Waals surface area contributed by atoms with E-state index in [-0.39, 0.29) is 11.6 Å². The van der Waals surface area contributed by atoms with Crippen molar-refractivity contribution in [2.45, 2.75) is 38.6 Å². The van der Waals surface area contributed by atoms with Gasteiger partial charge < -0.3 is 10.3 Å². The maximum atomic E-state index is 11.6. The van der Waals surface area contributed by atoms with Crippen LogP contribution in [0.3, 0.4) is 0 Å². The summed E-state index contributed by atoms with van der Waals surface area (Å²) in [5.41, 5.74) is 7.22. The highest BCUT2D eigenvalue weighted by atomic mass is 16.1. The second-order valence-electron chi connectivity index (χ2n) is 4.31. The van der Waals surface area contributed by atoms with E-state index in [1.165, 1.54) is 18.4 Å². The Morgan fingerprint density at radius 3 is 2.64 bits per heavy atom. The Balaban J connectivity index is 2.52. The van der Waals surface area contributed by atoms with Crippen molar-refractivity contribution in [2.24, 2.45) is 0 Å². The van der Waals surface area contributed by atoms with E-state index in [0.717, 1.165) is 0 Å². The SMILES string of the molecule is CC(C)n1cc(C2CC2)cc(N)c1=O. The van der Waals surface area contributed by atoms with Crippen molar-refractivity contribution < 1.29 is 0 Å². The van der Waals surface area contributed by atoms with E-state index >= 15 is 0 Å². The van der Waals surface area contributed by atoms with E-state index in [4.69, 9.17) is 5.73 Å². The molecule has 1 aromatic rings. The van der Waals surface area contributed by atoms with Crippen molar-refractivity contribution in [1.82, 2.24) is 4.57 Å². The second-order valence-corrected chi connectivity index (χ2v) is 4.31. The standard InChI is InChI=1S/C11H16N2O/c1-7(2)13-6-9(8-3-4-8)5-10(12)11(13)14/h5-8H,3-4,12H2,1-2H3. The summed E-state index contributed by atoms with van der Waals surface area (Å²) in [6.07, 6.45) is 4.42. The van der Waals surface area contributed by atoms with Crippen molar-refractivity contribution in [1.29, 1.82) is 0 Å². The number of pyridine rings is 1. The molecule has 2 N–H and O–H groups in total. The lowest BCUT2D eigenvalue weighted by Crippen LogP contribution is -2.24. The second kappa shape index (κ2) is 3.15. The molecule has 0 radical (unpaired) electrons. The van der Waals surface area contributed by atoms with Gasteiger partial charge in [0, 0.05) is 12.2 Å². The minimum atomic E-state index is -0.0654. The fraction of sp³-hybridized carbons (Fsp3) is 0.545. The minimum Gasteiger partial charge on any atom is -0.394 e. The molecule has 3 heteroatoms. The molecule has 0 atom stereocenters. The Bertz CT molecular complexity index is 402. The third-order valence-electron chi connectivity index (χ3n) is 2.70. The normalized spacial score (nSPS) is 16.2. The molecular formula is C11H16N2O.